The van der Waals surface area contributed by atoms with Crippen molar-refractivity contribution in [3.05, 3.63) is 60.2 Å². The molecule has 0 aliphatic rings. The number of likely N-dealkylation sites (N-methyl/N-ethyl adjacent to an activating group) is 1. The molecule has 0 spiro atoms. The summed E-state index contributed by atoms with van der Waals surface area (Å²) in [6, 6.07) is 16.6. The standard InChI is InChI=1S/C16H18N2OS/c1-18(13-9-6-10-14(11-13)20-2)16(19)15(17)12-7-4-3-5-8-12/h3-11,15H,17H2,1-2H3. The predicted octanol–water partition coefficient (Wildman–Crippen LogP) is 3.07. The van der Waals surface area contributed by atoms with Crippen LogP contribution in [0.4, 0.5) is 5.69 Å². The van der Waals surface area contributed by atoms with Gasteiger partial charge in [-0.05, 0) is 30.0 Å². The topological polar surface area (TPSA) is 46.3 Å². The van der Waals surface area contributed by atoms with Crippen molar-refractivity contribution < 1.29 is 4.79 Å². The van der Waals surface area contributed by atoms with Gasteiger partial charge in [-0.3, -0.25) is 4.79 Å². The van der Waals surface area contributed by atoms with Gasteiger partial charge in [0.05, 0.1) is 0 Å². The van der Waals surface area contributed by atoms with Crippen LogP contribution in [0.2, 0.25) is 0 Å². The summed E-state index contributed by atoms with van der Waals surface area (Å²) in [5.41, 5.74) is 7.73. The molecule has 0 saturated carbocycles. The van der Waals surface area contributed by atoms with Crippen LogP contribution in [-0.4, -0.2) is 19.2 Å². The molecule has 4 heteroatoms. The summed E-state index contributed by atoms with van der Waals surface area (Å²) in [6.45, 7) is 0. The van der Waals surface area contributed by atoms with Gasteiger partial charge in [0, 0.05) is 17.6 Å². The van der Waals surface area contributed by atoms with Crippen molar-refractivity contribution in [3.63, 3.8) is 0 Å². The molecule has 0 aliphatic heterocycles. The van der Waals surface area contributed by atoms with E-state index >= 15 is 0 Å². The zero-order valence-electron chi connectivity index (χ0n) is 11.6. The molecule has 0 bridgehead atoms. The van der Waals surface area contributed by atoms with Crippen LogP contribution in [0.5, 0.6) is 0 Å². The normalized spacial score (nSPS) is 11.9. The molecule has 2 rings (SSSR count). The highest BCUT2D eigenvalue weighted by molar-refractivity contribution is 7.98. The van der Waals surface area contributed by atoms with E-state index in [1.807, 2.05) is 60.9 Å². The molecule has 3 nitrogen and oxygen atoms in total. The Kier molecular flexibility index (Phi) is 4.82. The molecule has 1 amide bonds. The number of hydrogen-bond acceptors (Lipinski definition) is 3. The molecule has 1 atom stereocenters. The Hall–Kier alpha value is -1.78. The summed E-state index contributed by atoms with van der Waals surface area (Å²) in [7, 11) is 1.75. The van der Waals surface area contributed by atoms with Crippen molar-refractivity contribution in [2.75, 3.05) is 18.2 Å². The van der Waals surface area contributed by atoms with Gasteiger partial charge in [-0.25, -0.2) is 0 Å². The summed E-state index contributed by atoms with van der Waals surface area (Å²) in [5.74, 6) is -0.116. The van der Waals surface area contributed by atoms with E-state index in [-0.39, 0.29) is 5.91 Å². The third-order valence-corrected chi connectivity index (χ3v) is 3.92. The average Bonchev–Trinajstić information content (AvgIpc) is 2.53. The molecular formula is C16H18N2OS. The fraction of sp³-hybridized carbons (Fsp3) is 0.188. The molecule has 1 unspecified atom stereocenters. The zero-order valence-corrected chi connectivity index (χ0v) is 12.4. The number of carbonyl (C=O) groups is 1. The smallest absolute Gasteiger partial charge is 0.248 e. The second-order valence-corrected chi connectivity index (χ2v) is 5.37. The van der Waals surface area contributed by atoms with Gasteiger partial charge in [0.25, 0.3) is 0 Å². The molecule has 0 saturated heterocycles. The fourth-order valence-corrected chi connectivity index (χ4v) is 2.41. The van der Waals surface area contributed by atoms with E-state index in [9.17, 15) is 4.79 Å². The molecule has 2 N–H and O–H groups in total. The SMILES string of the molecule is CSc1cccc(N(C)C(=O)C(N)c2ccccc2)c1. The lowest BCUT2D eigenvalue weighted by Crippen LogP contribution is -2.35. The molecule has 0 heterocycles. The molecule has 20 heavy (non-hydrogen) atoms. The molecule has 0 fully saturated rings. The van der Waals surface area contributed by atoms with Crippen molar-refractivity contribution in [1.82, 2.24) is 0 Å². The second-order valence-electron chi connectivity index (χ2n) is 4.49. The lowest BCUT2D eigenvalue weighted by molar-refractivity contribution is -0.119. The summed E-state index contributed by atoms with van der Waals surface area (Å²) in [5, 5.41) is 0. The number of amides is 1. The van der Waals surface area contributed by atoms with Crippen molar-refractivity contribution >= 4 is 23.4 Å². The average molecular weight is 286 g/mol. The van der Waals surface area contributed by atoms with Gasteiger partial charge in [0.1, 0.15) is 6.04 Å². The van der Waals surface area contributed by atoms with Crippen LogP contribution in [0.3, 0.4) is 0 Å². The van der Waals surface area contributed by atoms with Crippen LogP contribution in [0.25, 0.3) is 0 Å². The Labute approximate surface area is 123 Å². The Morgan fingerprint density at radius 3 is 2.50 bits per heavy atom. The lowest BCUT2D eigenvalue weighted by Gasteiger charge is -2.22. The first-order valence-electron chi connectivity index (χ1n) is 6.35. The van der Waals surface area contributed by atoms with E-state index in [0.29, 0.717) is 0 Å². The van der Waals surface area contributed by atoms with Crippen LogP contribution in [0, 0.1) is 0 Å². The largest absolute Gasteiger partial charge is 0.316 e. The maximum atomic E-state index is 12.4. The van der Waals surface area contributed by atoms with E-state index in [1.54, 1.807) is 23.7 Å². The Morgan fingerprint density at radius 2 is 1.85 bits per heavy atom. The van der Waals surface area contributed by atoms with Crippen LogP contribution < -0.4 is 10.6 Å². The number of carbonyl (C=O) groups excluding carboxylic acids is 1. The number of thioether (sulfide) groups is 1. The van der Waals surface area contributed by atoms with Gasteiger partial charge in [0.2, 0.25) is 5.91 Å². The third-order valence-electron chi connectivity index (χ3n) is 3.20. The summed E-state index contributed by atoms with van der Waals surface area (Å²) < 4.78 is 0. The number of nitrogens with zero attached hydrogens (tertiary/aromatic N) is 1. The first kappa shape index (κ1) is 14.6. The molecule has 104 valence electrons. The molecule has 2 aromatic carbocycles. The zero-order chi connectivity index (χ0) is 14.5. The first-order chi connectivity index (χ1) is 9.63. The van der Waals surface area contributed by atoms with Crippen molar-refractivity contribution in [3.8, 4) is 0 Å². The van der Waals surface area contributed by atoms with Crippen LogP contribution >= 0.6 is 11.8 Å². The minimum atomic E-state index is -0.640. The molecule has 2 aromatic rings. The van der Waals surface area contributed by atoms with E-state index < -0.39 is 6.04 Å². The molecule has 0 radical (unpaired) electrons. The fourth-order valence-electron chi connectivity index (χ4n) is 1.96. The maximum Gasteiger partial charge on any atom is 0.248 e. The van der Waals surface area contributed by atoms with E-state index in [1.165, 1.54) is 0 Å². The molecule has 0 aliphatic carbocycles. The number of anilines is 1. The third kappa shape index (κ3) is 3.21. The first-order valence-corrected chi connectivity index (χ1v) is 7.58. The lowest BCUT2D eigenvalue weighted by atomic mass is 10.1. The van der Waals surface area contributed by atoms with E-state index in [2.05, 4.69) is 0 Å². The van der Waals surface area contributed by atoms with Gasteiger partial charge in [0.15, 0.2) is 0 Å². The Balaban J connectivity index is 2.19. The molecule has 0 aromatic heterocycles. The Morgan fingerprint density at radius 1 is 1.15 bits per heavy atom. The van der Waals surface area contributed by atoms with Gasteiger partial charge in [-0.2, -0.15) is 0 Å². The van der Waals surface area contributed by atoms with Crippen LogP contribution in [0.15, 0.2) is 59.5 Å². The second kappa shape index (κ2) is 6.59. The van der Waals surface area contributed by atoms with Gasteiger partial charge < -0.3 is 10.6 Å². The number of benzene rings is 2. The summed E-state index contributed by atoms with van der Waals surface area (Å²) in [4.78, 5) is 15.2. The Bertz CT molecular complexity index is 586. The highest BCUT2D eigenvalue weighted by Crippen LogP contribution is 2.23. The van der Waals surface area contributed by atoms with E-state index in [4.69, 9.17) is 5.73 Å². The van der Waals surface area contributed by atoms with Crippen molar-refractivity contribution in [1.29, 1.82) is 0 Å². The summed E-state index contributed by atoms with van der Waals surface area (Å²) >= 11 is 1.65. The van der Waals surface area contributed by atoms with Crippen molar-refractivity contribution in [2.45, 2.75) is 10.9 Å². The highest BCUT2D eigenvalue weighted by Gasteiger charge is 2.20. The van der Waals surface area contributed by atoms with Crippen LogP contribution in [0.1, 0.15) is 11.6 Å². The van der Waals surface area contributed by atoms with Gasteiger partial charge >= 0.3 is 0 Å². The number of nitrogens with two attached hydrogens (primary N) is 1. The maximum absolute atomic E-state index is 12.4. The van der Waals surface area contributed by atoms with Crippen molar-refractivity contribution in [2.24, 2.45) is 5.73 Å². The predicted molar refractivity (Wildman–Crippen MR) is 85.0 cm³/mol. The van der Waals surface area contributed by atoms with Crippen LogP contribution in [-0.2, 0) is 4.79 Å². The van der Waals surface area contributed by atoms with Gasteiger partial charge in [-0.15, -0.1) is 11.8 Å². The van der Waals surface area contributed by atoms with E-state index in [0.717, 1.165) is 16.1 Å². The highest BCUT2D eigenvalue weighted by atomic mass is 32.2. The van der Waals surface area contributed by atoms with Gasteiger partial charge in [-0.1, -0.05) is 36.4 Å². The minimum Gasteiger partial charge on any atom is -0.316 e. The number of rotatable bonds is 4. The molecular weight excluding hydrogens is 268 g/mol. The minimum absolute atomic E-state index is 0.116. The quantitative estimate of drug-likeness (QED) is 0.879. The summed E-state index contributed by atoms with van der Waals surface area (Å²) in [6.07, 6.45) is 2.01. The number of hydrogen-bond donors (Lipinski definition) is 1. The monoisotopic (exact) mass is 286 g/mol.